The van der Waals surface area contributed by atoms with Crippen LogP contribution in [0, 0.1) is 11.3 Å². The molecule has 1 amide bonds. The van der Waals surface area contributed by atoms with E-state index in [9.17, 15) is 9.59 Å². The van der Waals surface area contributed by atoms with Crippen molar-refractivity contribution < 1.29 is 9.59 Å². The number of nitriles is 1. The number of nitrogens with zero attached hydrogens (tertiary/aromatic N) is 3. The van der Waals surface area contributed by atoms with Crippen molar-refractivity contribution in [2.24, 2.45) is 0 Å². The molecule has 34 heavy (non-hydrogen) atoms. The summed E-state index contributed by atoms with van der Waals surface area (Å²) < 4.78 is 0. The summed E-state index contributed by atoms with van der Waals surface area (Å²) in [5, 5.41) is 12.1. The minimum atomic E-state index is -0.442. The summed E-state index contributed by atoms with van der Waals surface area (Å²) >= 11 is 0. The highest BCUT2D eigenvalue weighted by molar-refractivity contribution is 5.98. The van der Waals surface area contributed by atoms with Gasteiger partial charge in [-0.3, -0.25) is 14.5 Å². The van der Waals surface area contributed by atoms with Crippen molar-refractivity contribution >= 4 is 23.1 Å². The lowest BCUT2D eigenvalue weighted by Crippen LogP contribution is -2.39. The molecule has 3 aromatic carbocycles. The fourth-order valence-electron chi connectivity index (χ4n) is 4.39. The van der Waals surface area contributed by atoms with Gasteiger partial charge in [0.15, 0.2) is 5.78 Å². The molecule has 1 aliphatic heterocycles. The fraction of sp³-hybridized carbons (Fsp3) is 0.250. The number of nitrogens with one attached hydrogen (secondary N) is 1. The molecule has 0 aliphatic carbocycles. The highest BCUT2D eigenvalue weighted by atomic mass is 16.2. The quantitative estimate of drug-likeness (QED) is 0.551. The van der Waals surface area contributed by atoms with Gasteiger partial charge in [0.05, 0.1) is 11.6 Å². The average molecular weight is 453 g/mol. The molecule has 1 heterocycles. The SMILES string of the molecule is CC(=O)c1cccc(NC(=O)C(c2ccccc2)N2CCCN(c3ccc(C#N)cc3)CC2)c1. The van der Waals surface area contributed by atoms with Crippen molar-refractivity contribution in [3.05, 3.63) is 95.6 Å². The summed E-state index contributed by atoms with van der Waals surface area (Å²) in [7, 11) is 0. The van der Waals surface area contributed by atoms with E-state index in [1.807, 2.05) is 54.6 Å². The topological polar surface area (TPSA) is 76.4 Å². The fourth-order valence-corrected chi connectivity index (χ4v) is 4.39. The molecule has 1 unspecified atom stereocenters. The van der Waals surface area contributed by atoms with Gasteiger partial charge in [-0.05, 0) is 55.3 Å². The molecule has 0 saturated carbocycles. The van der Waals surface area contributed by atoms with Gasteiger partial charge < -0.3 is 10.2 Å². The number of benzene rings is 3. The average Bonchev–Trinajstić information content (AvgIpc) is 3.11. The first-order valence-electron chi connectivity index (χ1n) is 11.5. The number of hydrogen-bond donors (Lipinski definition) is 1. The highest BCUT2D eigenvalue weighted by Crippen LogP contribution is 2.26. The Morgan fingerprint density at radius 2 is 1.68 bits per heavy atom. The minimum Gasteiger partial charge on any atom is -0.370 e. The Balaban J connectivity index is 1.54. The van der Waals surface area contributed by atoms with E-state index in [2.05, 4.69) is 21.2 Å². The third-order valence-electron chi connectivity index (χ3n) is 6.16. The van der Waals surface area contributed by atoms with Crippen LogP contribution in [-0.2, 0) is 4.79 Å². The third-order valence-corrected chi connectivity index (χ3v) is 6.16. The molecule has 1 N–H and O–H groups in total. The monoisotopic (exact) mass is 452 g/mol. The second-order valence-corrected chi connectivity index (χ2v) is 8.47. The maximum atomic E-state index is 13.5. The van der Waals surface area contributed by atoms with Gasteiger partial charge >= 0.3 is 0 Å². The number of anilines is 2. The Bertz CT molecular complexity index is 1190. The second-order valence-electron chi connectivity index (χ2n) is 8.47. The lowest BCUT2D eigenvalue weighted by atomic mass is 10.0. The van der Waals surface area contributed by atoms with Gasteiger partial charge in [-0.2, -0.15) is 5.26 Å². The van der Waals surface area contributed by atoms with Crippen LogP contribution in [0.1, 0.15) is 40.9 Å². The number of Topliss-reactive ketones (excluding diaryl/α,β-unsaturated/α-hetero) is 1. The smallest absolute Gasteiger partial charge is 0.246 e. The standard InChI is InChI=1S/C28H28N4O2/c1-21(33)24-9-5-10-25(19-24)30-28(34)27(23-7-3-2-4-8-23)32-16-6-15-31(17-18-32)26-13-11-22(20-29)12-14-26/h2-5,7-14,19,27H,6,15-18H2,1H3,(H,30,34). The van der Waals surface area contributed by atoms with E-state index >= 15 is 0 Å². The van der Waals surface area contributed by atoms with Gasteiger partial charge in [-0.25, -0.2) is 0 Å². The molecule has 1 saturated heterocycles. The van der Waals surface area contributed by atoms with Crippen LogP contribution in [0.3, 0.4) is 0 Å². The zero-order chi connectivity index (χ0) is 23.9. The number of carbonyl (C=O) groups is 2. The zero-order valence-corrected chi connectivity index (χ0v) is 19.3. The molecular formula is C28H28N4O2. The third kappa shape index (κ3) is 5.51. The van der Waals surface area contributed by atoms with E-state index in [-0.39, 0.29) is 11.7 Å². The highest BCUT2D eigenvalue weighted by Gasteiger charge is 2.29. The van der Waals surface area contributed by atoms with E-state index in [1.54, 1.807) is 24.3 Å². The lowest BCUT2D eigenvalue weighted by Gasteiger charge is -2.30. The van der Waals surface area contributed by atoms with Crippen molar-refractivity contribution in [2.45, 2.75) is 19.4 Å². The number of carbonyl (C=O) groups excluding carboxylic acids is 2. The number of amides is 1. The van der Waals surface area contributed by atoms with Gasteiger partial charge in [0, 0.05) is 43.1 Å². The molecule has 1 atom stereocenters. The lowest BCUT2D eigenvalue weighted by molar-refractivity contribution is -0.121. The molecule has 6 nitrogen and oxygen atoms in total. The van der Waals surface area contributed by atoms with Crippen molar-refractivity contribution in [2.75, 3.05) is 36.4 Å². The van der Waals surface area contributed by atoms with Crippen LogP contribution in [0.25, 0.3) is 0 Å². The van der Waals surface area contributed by atoms with Gasteiger partial charge in [-0.15, -0.1) is 0 Å². The molecule has 1 fully saturated rings. The van der Waals surface area contributed by atoms with E-state index < -0.39 is 6.04 Å². The number of hydrogen-bond acceptors (Lipinski definition) is 5. The molecule has 6 heteroatoms. The van der Waals surface area contributed by atoms with E-state index in [1.165, 1.54) is 6.92 Å². The largest absolute Gasteiger partial charge is 0.370 e. The zero-order valence-electron chi connectivity index (χ0n) is 19.3. The summed E-state index contributed by atoms with van der Waals surface area (Å²) in [5.74, 6) is -0.148. The summed E-state index contributed by atoms with van der Waals surface area (Å²) in [5.41, 5.74) is 3.86. The Kier molecular flexibility index (Phi) is 7.36. The maximum Gasteiger partial charge on any atom is 0.246 e. The van der Waals surface area contributed by atoms with Gasteiger partial charge in [0.25, 0.3) is 0 Å². The Morgan fingerprint density at radius 3 is 2.38 bits per heavy atom. The van der Waals surface area contributed by atoms with Gasteiger partial charge in [0.1, 0.15) is 6.04 Å². The van der Waals surface area contributed by atoms with Crippen LogP contribution in [0.15, 0.2) is 78.9 Å². The first-order chi connectivity index (χ1) is 16.5. The van der Waals surface area contributed by atoms with E-state index in [0.29, 0.717) is 16.8 Å². The van der Waals surface area contributed by atoms with Crippen molar-refractivity contribution in [1.82, 2.24) is 4.90 Å². The summed E-state index contributed by atoms with van der Waals surface area (Å²) in [6.07, 6.45) is 0.913. The Hall–Kier alpha value is -3.95. The van der Waals surface area contributed by atoms with Gasteiger partial charge in [0.2, 0.25) is 5.91 Å². The molecule has 0 bridgehead atoms. The molecule has 3 aromatic rings. The maximum absolute atomic E-state index is 13.5. The second kappa shape index (κ2) is 10.8. The van der Waals surface area contributed by atoms with Crippen molar-refractivity contribution in [1.29, 1.82) is 5.26 Å². The molecule has 0 spiro atoms. The summed E-state index contributed by atoms with van der Waals surface area (Å²) in [4.78, 5) is 29.8. The number of rotatable bonds is 6. The predicted molar refractivity (Wildman–Crippen MR) is 134 cm³/mol. The van der Waals surface area contributed by atoms with Gasteiger partial charge in [-0.1, -0.05) is 42.5 Å². The molecule has 1 aliphatic rings. The number of ketones is 1. The van der Waals surface area contributed by atoms with Crippen LogP contribution < -0.4 is 10.2 Å². The van der Waals surface area contributed by atoms with Crippen LogP contribution in [0.5, 0.6) is 0 Å². The predicted octanol–water partition coefficient (Wildman–Crippen LogP) is 4.65. The normalized spacial score (nSPS) is 15.1. The van der Waals surface area contributed by atoms with Crippen LogP contribution in [0.2, 0.25) is 0 Å². The van der Waals surface area contributed by atoms with E-state index in [0.717, 1.165) is 43.9 Å². The summed E-state index contributed by atoms with van der Waals surface area (Å²) in [6.45, 7) is 4.69. The minimum absolute atomic E-state index is 0.0360. The first kappa shape index (κ1) is 23.2. The molecule has 172 valence electrons. The molecule has 0 aromatic heterocycles. The Labute approximate surface area is 200 Å². The van der Waals surface area contributed by atoms with Crippen LogP contribution in [-0.4, -0.2) is 42.8 Å². The van der Waals surface area contributed by atoms with Crippen molar-refractivity contribution in [3.63, 3.8) is 0 Å². The molecule has 4 rings (SSSR count). The first-order valence-corrected chi connectivity index (χ1v) is 11.5. The van der Waals surface area contributed by atoms with Crippen molar-refractivity contribution in [3.8, 4) is 6.07 Å². The Morgan fingerprint density at radius 1 is 0.912 bits per heavy atom. The molecular weight excluding hydrogens is 424 g/mol. The van der Waals surface area contributed by atoms with Crippen LogP contribution in [0.4, 0.5) is 11.4 Å². The summed E-state index contributed by atoms with van der Waals surface area (Å²) in [6, 6.07) is 26.2. The van der Waals surface area contributed by atoms with E-state index in [4.69, 9.17) is 5.26 Å². The van der Waals surface area contributed by atoms with Crippen LogP contribution >= 0.6 is 0 Å². The molecule has 0 radical (unpaired) electrons.